The maximum Gasteiger partial charge on any atom is 0.321 e. The number of carbonyl (C=O) groups excluding carboxylic acids is 1. The van der Waals surface area contributed by atoms with E-state index in [4.69, 9.17) is 0 Å². The van der Waals surface area contributed by atoms with Crippen LogP contribution < -0.4 is 5.32 Å². The zero-order valence-electron chi connectivity index (χ0n) is 11.6. The number of nitrogens with zero attached hydrogens (tertiary/aromatic N) is 1. The lowest BCUT2D eigenvalue weighted by atomic mass is 9.94. The van der Waals surface area contributed by atoms with E-state index in [0.717, 1.165) is 30.6 Å². The summed E-state index contributed by atoms with van der Waals surface area (Å²) in [5.41, 5.74) is 1.95. The van der Waals surface area contributed by atoms with E-state index in [0.29, 0.717) is 6.54 Å². The fourth-order valence-corrected chi connectivity index (χ4v) is 2.51. The number of hydrogen-bond donors (Lipinski definition) is 2. The Hall–Kier alpha value is -1.55. The highest BCUT2D eigenvalue weighted by Gasteiger charge is 2.26. The molecule has 0 radical (unpaired) electrons. The van der Waals surface area contributed by atoms with Crippen molar-refractivity contribution in [2.45, 2.75) is 32.8 Å². The molecule has 2 rings (SSSR count). The molecule has 0 bridgehead atoms. The van der Waals surface area contributed by atoms with Gasteiger partial charge in [0.25, 0.3) is 0 Å². The molecular formula is C15H22N2O2. The van der Waals surface area contributed by atoms with Crippen molar-refractivity contribution in [3.8, 4) is 0 Å². The number of urea groups is 1. The molecule has 1 fully saturated rings. The maximum absolute atomic E-state index is 12.2. The summed E-state index contributed by atoms with van der Waals surface area (Å²) in [4.78, 5) is 14.0. The number of benzene rings is 1. The quantitative estimate of drug-likeness (QED) is 0.861. The van der Waals surface area contributed by atoms with Gasteiger partial charge in [-0.1, -0.05) is 12.1 Å². The summed E-state index contributed by atoms with van der Waals surface area (Å²) in [5, 5.41) is 12.6. The van der Waals surface area contributed by atoms with Gasteiger partial charge in [-0.2, -0.15) is 0 Å². The molecule has 0 spiro atoms. The summed E-state index contributed by atoms with van der Waals surface area (Å²) in [6.07, 6.45) is 1.59. The number of carbonyl (C=O) groups is 1. The highest BCUT2D eigenvalue weighted by atomic mass is 16.3. The molecule has 2 unspecified atom stereocenters. The minimum absolute atomic E-state index is 0.0732. The van der Waals surface area contributed by atoms with Gasteiger partial charge in [0.05, 0.1) is 6.10 Å². The molecular weight excluding hydrogens is 240 g/mol. The molecule has 0 aromatic heterocycles. The van der Waals surface area contributed by atoms with Crippen LogP contribution in [0.15, 0.2) is 24.3 Å². The normalized spacial score (nSPS) is 21.0. The Balaban J connectivity index is 1.96. The number of hydrogen-bond acceptors (Lipinski definition) is 2. The van der Waals surface area contributed by atoms with Crippen LogP contribution in [-0.2, 0) is 0 Å². The summed E-state index contributed by atoms with van der Waals surface area (Å²) in [7, 11) is 0. The monoisotopic (exact) mass is 262 g/mol. The number of amides is 2. The number of piperidine rings is 1. The molecule has 2 atom stereocenters. The number of aliphatic hydroxyl groups excluding tert-OH is 1. The van der Waals surface area contributed by atoms with Crippen LogP contribution in [0, 0.1) is 12.8 Å². The van der Waals surface area contributed by atoms with Crippen molar-refractivity contribution in [2.24, 2.45) is 5.92 Å². The Bertz CT molecular complexity index is 446. The van der Waals surface area contributed by atoms with E-state index in [-0.39, 0.29) is 18.1 Å². The Kier molecular flexibility index (Phi) is 4.43. The van der Waals surface area contributed by atoms with Crippen LogP contribution >= 0.6 is 0 Å². The van der Waals surface area contributed by atoms with Gasteiger partial charge in [-0.25, -0.2) is 4.79 Å². The highest BCUT2D eigenvalue weighted by molar-refractivity contribution is 5.89. The van der Waals surface area contributed by atoms with Crippen molar-refractivity contribution >= 4 is 11.7 Å². The van der Waals surface area contributed by atoms with Gasteiger partial charge in [0.1, 0.15) is 0 Å². The predicted molar refractivity (Wildman–Crippen MR) is 76.2 cm³/mol. The molecule has 1 heterocycles. The molecule has 4 heteroatoms. The van der Waals surface area contributed by atoms with E-state index >= 15 is 0 Å². The maximum atomic E-state index is 12.2. The number of likely N-dealkylation sites (tertiary alicyclic amines) is 1. The van der Waals surface area contributed by atoms with Crippen LogP contribution in [0.1, 0.15) is 25.3 Å². The first-order valence-corrected chi connectivity index (χ1v) is 6.87. The fraction of sp³-hybridized carbons (Fsp3) is 0.533. The lowest BCUT2D eigenvalue weighted by Crippen LogP contribution is -2.44. The molecule has 104 valence electrons. The summed E-state index contributed by atoms with van der Waals surface area (Å²) >= 11 is 0. The zero-order chi connectivity index (χ0) is 13.8. The number of rotatable bonds is 2. The molecule has 0 saturated carbocycles. The van der Waals surface area contributed by atoms with Gasteiger partial charge in [0, 0.05) is 24.7 Å². The van der Waals surface area contributed by atoms with E-state index < -0.39 is 0 Å². The minimum atomic E-state index is -0.352. The van der Waals surface area contributed by atoms with Crippen LogP contribution in [0.2, 0.25) is 0 Å². The second kappa shape index (κ2) is 6.06. The first-order chi connectivity index (χ1) is 9.06. The van der Waals surface area contributed by atoms with Crippen molar-refractivity contribution in [1.82, 2.24) is 4.90 Å². The molecule has 4 nitrogen and oxygen atoms in total. The summed E-state index contributed by atoms with van der Waals surface area (Å²) in [6, 6.07) is 7.70. The van der Waals surface area contributed by atoms with E-state index in [2.05, 4.69) is 5.32 Å². The molecule has 2 N–H and O–H groups in total. The van der Waals surface area contributed by atoms with Crippen LogP contribution in [0.25, 0.3) is 0 Å². The molecule has 0 aliphatic carbocycles. The van der Waals surface area contributed by atoms with Crippen LogP contribution in [-0.4, -0.2) is 35.2 Å². The van der Waals surface area contributed by atoms with Crippen LogP contribution in [0.3, 0.4) is 0 Å². The third kappa shape index (κ3) is 3.70. The average Bonchev–Trinajstić information content (AvgIpc) is 2.39. The zero-order valence-corrected chi connectivity index (χ0v) is 11.6. The number of aliphatic hydroxyl groups is 1. The van der Waals surface area contributed by atoms with E-state index in [1.807, 2.05) is 31.2 Å². The Morgan fingerprint density at radius 2 is 2.32 bits per heavy atom. The highest BCUT2D eigenvalue weighted by Crippen LogP contribution is 2.20. The van der Waals surface area contributed by atoms with Gasteiger partial charge in [0.2, 0.25) is 0 Å². The number of anilines is 1. The average molecular weight is 262 g/mol. The summed E-state index contributed by atoms with van der Waals surface area (Å²) in [6.45, 7) is 5.20. The second-order valence-electron chi connectivity index (χ2n) is 5.39. The standard InChI is InChI=1S/C15H22N2O2/c1-11-5-3-7-14(9-11)16-15(19)17-8-4-6-13(10-17)12(2)18/h3,5,7,9,12-13,18H,4,6,8,10H2,1-2H3,(H,16,19). The SMILES string of the molecule is Cc1cccc(NC(=O)N2CCCC(C(C)O)C2)c1. The van der Waals surface area contributed by atoms with Crippen molar-refractivity contribution < 1.29 is 9.90 Å². The molecule has 1 aliphatic heterocycles. The molecule has 1 aliphatic rings. The summed E-state index contributed by atoms with van der Waals surface area (Å²) < 4.78 is 0. The first kappa shape index (κ1) is 13.9. The third-order valence-electron chi connectivity index (χ3n) is 3.70. The Labute approximate surface area is 114 Å². The van der Waals surface area contributed by atoms with E-state index in [1.165, 1.54) is 0 Å². The fourth-order valence-electron chi connectivity index (χ4n) is 2.51. The summed E-state index contributed by atoms with van der Waals surface area (Å²) in [5.74, 6) is 0.192. The van der Waals surface area contributed by atoms with Crippen LogP contribution in [0.4, 0.5) is 10.5 Å². The smallest absolute Gasteiger partial charge is 0.321 e. The Morgan fingerprint density at radius 1 is 1.53 bits per heavy atom. The number of nitrogens with one attached hydrogen (secondary N) is 1. The lowest BCUT2D eigenvalue weighted by Gasteiger charge is -2.34. The van der Waals surface area contributed by atoms with Crippen molar-refractivity contribution in [3.63, 3.8) is 0 Å². The van der Waals surface area contributed by atoms with Gasteiger partial charge in [-0.15, -0.1) is 0 Å². The largest absolute Gasteiger partial charge is 0.393 e. The molecule has 1 saturated heterocycles. The molecule has 2 amide bonds. The van der Waals surface area contributed by atoms with Gasteiger partial charge in [-0.3, -0.25) is 0 Å². The van der Waals surface area contributed by atoms with Gasteiger partial charge < -0.3 is 15.3 Å². The molecule has 1 aromatic rings. The van der Waals surface area contributed by atoms with E-state index in [9.17, 15) is 9.90 Å². The van der Waals surface area contributed by atoms with Crippen molar-refractivity contribution in [1.29, 1.82) is 0 Å². The number of aryl methyl sites for hydroxylation is 1. The predicted octanol–water partition coefficient (Wildman–Crippen LogP) is 2.62. The van der Waals surface area contributed by atoms with Gasteiger partial charge >= 0.3 is 6.03 Å². The lowest BCUT2D eigenvalue weighted by molar-refractivity contribution is 0.0766. The molecule has 1 aromatic carbocycles. The van der Waals surface area contributed by atoms with Gasteiger partial charge in [-0.05, 0) is 44.4 Å². The van der Waals surface area contributed by atoms with Gasteiger partial charge in [0.15, 0.2) is 0 Å². The first-order valence-electron chi connectivity index (χ1n) is 6.87. The molecule has 19 heavy (non-hydrogen) atoms. The topological polar surface area (TPSA) is 52.6 Å². The Morgan fingerprint density at radius 3 is 3.00 bits per heavy atom. The third-order valence-corrected chi connectivity index (χ3v) is 3.70. The van der Waals surface area contributed by atoms with Crippen molar-refractivity contribution in [3.05, 3.63) is 29.8 Å². The minimum Gasteiger partial charge on any atom is -0.393 e. The van der Waals surface area contributed by atoms with E-state index in [1.54, 1.807) is 11.8 Å². The second-order valence-corrected chi connectivity index (χ2v) is 5.39. The van der Waals surface area contributed by atoms with Crippen LogP contribution in [0.5, 0.6) is 0 Å². The van der Waals surface area contributed by atoms with Crippen molar-refractivity contribution in [2.75, 3.05) is 18.4 Å².